The summed E-state index contributed by atoms with van der Waals surface area (Å²) in [5, 5.41) is 3.70. The Morgan fingerprint density at radius 2 is 2.04 bits per heavy atom. The van der Waals surface area contributed by atoms with E-state index in [1.54, 1.807) is 0 Å². The van der Waals surface area contributed by atoms with E-state index in [1.165, 1.54) is 5.69 Å². The molecular formula is C19H27N5O3. The van der Waals surface area contributed by atoms with Gasteiger partial charge in [-0.3, -0.25) is 19.9 Å². The van der Waals surface area contributed by atoms with Gasteiger partial charge >= 0.3 is 6.03 Å². The second-order valence-electron chi connectivity index (χ2n) is 7.92. The first kappa shape index (κ1) is 18.0. The van der Waals surface area contributed by atoms with Crippen LogP contribution in [0.3, 0.4) is 0 Å². The summed E-state index contributed by atoms with van der Waals surface area (Å²) in [5.74, 6) is -0.645. The molecule has 3 fully saturated rings. The molecule has 0 radical (unpaired) electrons. The number of carbonyl (C=O) groups is 3. The molecule has 146 valence electrons. The summed E-state index contributed by atoms with van der Waals surface area (Å²) in [6.45, 7) is 0.993. The predicted octanol–water partition coefficient (Wildman–Crippen LogP) is 1.45. The van der Waals surface area contributed by atoms with Gasteiger partial charge in [0.05, 0.1) is 12.6 Å². The normalized spacial score (nSPS) is 25.2. The molecule has 1 aromatic rings. The first-order valence-corrected chi connectivity index (χ1v) is 9.82. The van der Waals surface area contributed by atoms with Crippen LogP contribution in [0.5, 0.6) is 0 Å². The maximum absolute atomic E-state index is 12.8. The Morgan fingerprint density at radius 1 is 1.26 bits per heavy atom. The zero-order valence-corrected chi connectivity index (χ0v) is 15.7. The highest BCUT2D eigenvalue weighted by Crippen LogP contribution is 2.33. The number of hydrazine groups is 1. The fourth-order valence-corrected chi connectivity index (χ4v) is 4.73. The van der Waals surface area contributed by atoms with Crippen molar-refractivity contribution in [1.29, 1.82) is 0 Å². The molecule has 2 N–H and O–H groups in total. The Labute approximate surface area is 158 Å². The number of aryl methyl sites for hydroxylation is 1. The number of hydrogen-bond donors (Lipinski definition) is 2. The van der Waals surface area contributed by atoms with Gasteiger partial charge in [-0.25, -0.2) is 4.79 Å². The Hall–Kier alpha value is -2.35. The van der Waals surface area contributed by atoms with E-state index in [-0.39, 0.29) is 24.4 Å². The van der Waals surface area contributed by atoms with E-state index in [0.717, 1.165) is 43.7 Å². The summed E-state index contributed by atoms with van der Waals surface area (Å²) in [6, 6.07) is 3.74. The van der Waals surface area contributed by atoms with Crippen LogP contribution in [0.25, 0.3) is 0 Å². The topological polar surface area (TPSA) is 86.7 Å². The van der Waals surface area contributed by atoms with Crippen molar-refractivity contribution in [3.8, 4) is 0 Å². The molecular weight excluding hydrogens is 346 g/mol. The van der Waals surface area contributed by atoms with E-state index in [9.17, 15) is 14.4 Å². The van der Waals surface area contributed by atoms with Gasteiger partial charge in [0.2, 0.25) is 0 Å². The average Bonchev–Trinajstić information content (AvgIpc) is 3.32. The van der Waals surface area contributed by atoms with Gasteiger partial charge in [0.15, 0.2) is 0 Å². The molecule has 2 aliphatic heterocycles. The van der Waals surface area contributed by atoms with E-state index in [2.05, 4.69) is 26.3 Å². The highest BCUT2D eigenvalue weighted by molar-refractivity contribution is 6.08. The number of carbonyl (C=O) groups excluding carboxylic acids is 3. The molecule has 4 amide bonds. The van der Waals surface area contributed by atoms with Crippen LogP contribution >= 0.6 is 0 Å². The second-order valence-corrected chi connectivity index (χ2v) is 7.92. The first-order valence-electron chi connectivity index (χ1n) is 9.82. The minimum absolute atomic E-state index is 0.167. The quantitative estimate of drug-likeness (QED) is 0.782. The highest BCUT2D eigenvalue weighted by Gasteiger charge is 2.52. The molecule has 3 aliphatic rings. The van der Waals surface area contributed by atoms with Crippen molar-refractivity contribution < 1.29 is 14.4 Å². The van der Waals surface area contributed by atoms with Gasteiger partial charge in [0.1, 0.15) is 5.54 Å². The van der Waals surface area contributed by atoms with Crippen LogP contribution in [0, 0.1) is 0 Å². The van der Waals surface area contributed by atoms with E-state index in [0.29, 0.717) is 12.8 Å². The number of urea groups is 1. The largest absolute Gasteiger partial charge is 0.353 e. The Morgan fingerprint density at radius 3 is 2.74 bits per heavy atom. The lowest BCUT2D eigenvalue weighted by Crippen LogP contribution is -2.52. The average molecular weight is 373 g/mol. The Bertz CT molecular complexity index is 752. The number of nitrogens with one attached hydrogen (secondary N) is 2. The van der Waals surface area contributed by atoms with Crippen molar-refractivity contribution >= 4 is 17.8 Å². The zero-order valence-electron chi connectivity index (χ0n) is 15.7. The lowest BCUT2D eigenvalue weighted by atomic mass is 9.82. The smallest absolute Gasteiger partial charge is 0.344 e. The standard InChI is InChI=1S/C19H27N5O3/c1-22-11-5-7-14(22)15-8-6-12-23(15)13-16(25)21-24-17(26)19(20-18(24)27)9-3-2-4-10-19/h5,7,11,15H,2-4,6,8-10,12-13H2,1H3,(H,20,27)(H,21,25). The molecule has 1 aliphatic carbocycles. The summed E-state index contributed by atoms with van der Waals surface area (Å²) >= 11 is 0. The first-order chi connectivity index (χ1) is 13.0. The number of likely N-dealkylation sites (tertiary alicyclic amines) is 1. The molecule has 1 spiro atoms. The molecule has 1 aromatic heterocycles. The summed E-state index contributed by atoms with van der Waals surface area (Å²) in [5.41, 5.74) is 2.90. The van der Waals surface area contributed by atoms with Crippen molar-refractivity contribution in [2.45, 2.75) is 56.5 Å². The Kier molecular flexibility index (Phi) is 4.67. The summed E-state index contributed by atoms with van der Waals surface area (Å²) in [4.78, 5) is 39.8. The minimum Gasteiger partial charge on any atom is -0.353 e. The van der Waals surface area contributed by atoms with Crippen molar-refractivity contribution in [1.82, 2.24) is 25.2 Å². The van der Waals surface area contributed by atoms with E-state index < -0.39 is 11.6 Å². The SMILES string of the molecule is Cn1cccc1C1CCCN1CC(=O)NN1C(=O)NC2(CCCCC2)C1=O. The van der Waals surface area contributed by atoms with Crippen LogP contribution in [0.1, 0.15) is 56.7 Å². The maximum Gasteiger partial charge on any atom is 0.344 e. The molecule has 4 rings (SSSR count). The van der Waals surface area contributed by atoms with Crippen molar-refractivity contribution in [2.24, 2.45) is 7.05 Å². The zero-order chi connectivity index (χ0) is 19.0. The maximum atomic E-state index is 12.8. The van der Waals surface area contributed by atoms with Crippen molar-refractivity contribution in [3.05, 3.63) is 24.0 Å². The van der Waals surface area contributed by atoms with Crippen LogP contribution in [0.4, 0.5) is 4.79 Å². The van der Waals surface area contributed by atoms with Gasteiger partial charge in [0.25, 0.3) is 11.8 Å². The predicted molar refractivity (Wildman–Crippen MR) is 98.3 cm³/mol. The molecule has 1 atom stereocenters. The van der Waals surface area contributed by atoms with E-state index >= 15 is 0 Å². The van der Waals surface area contributed by atoms with Crippen LogP contribution in [0.15, 0.2) is 18.3 Å². The van der Waals surface area contributed by atoms with Crippen LogP contribution in [0.2, 0.25) is 0 Å². The molecule has 27 heavy (non-hydrogen) atoms. The van der Waals surface area contributed by atoms with Gasteiger partial charge in [-0.2, -0.15) is 5.01 Å². The second kappa shape index (κ2) is 6.99. The monoisotopic (exact) mass is 373 g/mol. The lowest BCUT2D eigenvalue weighted by Gasteiger charge is -2.30. The highest BCUT2D eigenvalue weighted by atomic mass is 16.2. The molecule has 1 unspecified atom stereocenters. The van der Waals surface area contributed by atoms with E-state index in [4.69, 9.17) is 0 Å². The summed E-state index contributed by atoms with van der Waals surface area (Å²) in [6.07, 6.45) is 8.22. The summed E-state index contributed by atoms with van der Waals surface area (Å²) < 4.78 is 2.07. The van der Waals surface area contributed by atoms with Gasteiger partial charge < -0.3 is 9.88 Å². The number of amides is 4. The van der Waals surface area contributed by atoms with Gasteiger partial charge in [-0.15, -0.1) is 0 Å². The molecule has 8 nitrogen and oxygen atoms in total. The molecule has 1 saturated carbocycles. The van der Waals surface area contributed by atoms with Crippen LogP contribution in [-0.2, 0) is 16.6 Å². The Balaban J connectivity index is 1.40. The fourth-order valence-electron chi connectivity index (χ4n) is 4.73. The van der Waals surface area contributed by atoms with Gasteiger partial charge in [-0.05, 0) is 44.4 Å². The molecule has 2 saturated heterocycles. The number of rotatable bonds is 4. The number of aromatic nitrogens is 1. The van der Waals surface area contributed by atoms with Crippen molar-refractivity contribution in [2.75, 3.05) is 13.1 Å². The van der Waals surface area contributed by atoms with Crippen LogP contribution < -0.4 is 10.7 Å². The third-order valence-corrected chi connectivity index (χ3v) is 6.14. The fraction of sp³-hybridized carbons (Fsp3) is 0.632. The van der Waals surface area contributed by atoms with Crippen molar-refractivity contribution in [3.63, 3.8) is 0 Å². The number of hydrogen-bond acceptors (Lipinski definition) is 4. The molecule has 0 aromatic carbocycles. The minimum atomic E-state index is -0.818. The number of imide groups is 1. The third-order valence-electron chi connectivity index (χ3n) is 6.14. The molecule has 0 bridgehead atoms. The number of nitrogens with zero attached hydrogens (tertiary/aromatic N) is 3. The lowest BCUT2D eigenvalue weighted by molar-refractivity contribution is -0.140. The molecule has 3 heterocycles. The molecule has 8 heteroatoms. The van der Waals surface area contributed by atoms with Gasteiger partial charge in [0, 0.05) is 18.9 Å². The van der Waals surface area contributed by atoms with E-state index in [1.807, 2.05) is 19.3 Å². The van der Waals surface area contributed by atoms with Gasteiger partial charge in [-0.1, -0.05) is 19.3 Å². The third kappa shape index (κ3) is 3.22. The summed E-state index contributed by atoms with van der Waals surface area (Å²) in [7, 11) is 2.00. The van der Waals surface area contributed by atoms with Crippen LogP contribution in [-0.4, -0.2) is 50.9 Å².